The number of pyridine rings is 1. The van der Waals surface area contributed by atoms with Crippen LogP contribution in [-0.4, -0.2) is 35.8 Å². The lowest BCUT2D eigenvalue weighted by molar-refractivity contribution is 0.345. The van der Waals surface area contributed by atoms with E-state index in [2.05, 4.69) is 19.3 Å². The number of aryl methyl sites for hydroxylation is 1. The van der Waals surface area contributed by atoms with Gasteiger partial charge in [-0.25, -0.2) is 18.1 Å². The highest BCUT2D eigenvalue weighted by molar-refractivity contribution is 7.89. The van der Waals surface area contributed by atoms with Gasteiger partial charge in [-0.3, -0.25) is 4.98 Å². The maximum Gasteiger partial charge on any atom is 0.212 e. The van der Waals surface area contributed by atoms with Crippen molar-refractivity contribution in [3.05, 3.63) is 66.1 Å². The number of rotatable bonds is 8. The van der Waals surface area contributed by atoms with Crippen LogP contribution in [0.1, 0.15) is 25.2 Å². The van der Waals surface area contributed by atoms with Crippen molar-refractivity contribution in [2.45, 2.75) is 33.9 Å². The van der Waals surface area contributed by atoms with E-state index in [0.29, 0.717) is 6.54 Å². The number of imidazole rings is 1. The molecule has 0 unspecified atom stereocenters. The summed E-state index contributed by atoms with van der Waals surface area (Å²) in [7, 11) is -1.89. The van der Waals surface area contributed by atoms with Crippen molar-refractivity contribution in [2.24, 2.45) is 5.41 Å². The molecule has 7 nitrogen and oxygen atoms in total. The highest BCUT2D eigenvalue weighted by Crippen LogP contribution is 2.29. The SMILES string of the molecule is COc1ccc(CNS(=O)(=O)CC(C)(C)Cn2c(C)nc3cnc4ccccc4c32)cc1. The lowest BCUT2D eigenvalue weighted by Gasteiger charge is -2.26. The number of hydrogen-bond acceptors (Lipinski definition) is 5. The number of nitrogens with one attached hydrogen (secondary N) is 1. The zero-order chi connectivity index (χ0) is 22.9. The molecular formula is C24H28N4O3S. The largest absolute Gasteiger partial charge is 0.497 e. The molecule has 2 aromatic carbocycles. The van der Waals surface area contributed by atoms with Crippen LogP contribution < -0.4 is 9.46 Å². The third-order valence-electron chi connectivity index (χ3n) is 5.49. The summed E-state index contributed by atoms with van der Waals surface area (Å²) in [5, 5.41) is 1.02. The molecule has 0 saturated carbocycles. The molecule has 0 saturated heterocycles. The Bertz CT molecular complexity index is 1360. The van der Waals surface area contributed by atoms with E-state index in [1.807, 2.05) is 69.3 Å². The van der Waals surface area contributed by atoms with Crippen molar-refractivity contribution in [2.75, 3.05) is 12.9 Å². The smallest absolute Gasteiger partial charge is 0.212 e. The first-order valence-corrected chi connectivity index (χ1v) is 12.1. The van der Waals surface area contributed by atoms with Gasteiger partial charge in [0.2, 0.25) is 10.0 Å². The normalized spacial score (nSPS) is 12.5. The lowest BCUT2D eigenvalue weighted by Crippen LogP contribution is -2.36. The molecule has 2 heterocycles. The van der Waals surface area contributed by atoms with E-state index in [9.17, 15) is 8.42 Å². The average molecular weight is 453 g/mol. The molecule has 32 heavy (non-hydrogen) atoms. The predicted molar refractivity (Wildman–Crippen MR) is 127 cm³/mol. The molecule has 0 radical (unpaired) electrons. The first-order chi connectivity index (χ1) is 15.2. The lowest BCUT2D eigenvalue weighted by atomic mass is 9.96. The summed E-state index contributed by atoms with van der Waals surface area (Å²) in [6.07, 6.45) is 1.78. The average Bonchev–Trinajstić information content (AvgIpc) is 3.07. The van der Waals surface area contributed by atoms with Gasteiger partial charge in [0.25, 0.3) is 0 Å². The third kappa shape index (κ3) is 4.76. The predicted octanol–water partition coefficient (Wildman–Crippen LogP) is 4.05. The minimum absolute atomic E-state index is 0.00170. The van der Waals surface area contributed by atoms with Crippen molar-refractivity contribution in [1.29, 1.82) is 0 Å². The summed E-state index contributed by atoms with van der Waals surface area (Å²) in [5.74, 6) is 1.58. The zero-order valence-corrected chi connectivity index (χ0v) is 19.6. The fourth-order valence-corrected chi connectivity index (χ4v) is 5.66. The third-order valence-corrected chi connectivity index (χ3v) is 7.24. The van der Waals surface area contributed by atoms with E-state index in [1.165, 1.54) is 0 Å². The Morgan fingerprint density at radius 1 is 1.06 bits per heavy atom. The van der Waals surface area contributed by atoms with Crippen LogP contribution in [0.3, 0.4) is 0 Å². The number of nitrogens with zero attached hydrogens (tertiary/aromatic N) is 3. The van der Waals surface area contributed by atoms with Gasteiger partial charge in [0.15, 0.2) is 0 Å². The molecule has 4 rings (SSSR count). The van der Waals surface area contributed by atoms with Gasteiger partial charge in [-0.1, -0.05) is 44.2 Å². The van der Waals surface area contributed by atoms with Crippen LogP contribution in [0.2, 0.25) is 0 Å². The summed E-state index contributed by atoms with van der Waals surface area (Å²) in [5.41, 5.74) is 3.06. The Labute approximate surface area is 188 Å². The van der Waals surface area contributed by atoms with Gasteiger partial charge in [-0.15, -0.1) is 0 Å². The first kappa shape index (κ1) is 22.2. The van der Waals surface area contributed by atoms with Gasteiger partial charge in [0.1, 0.15) is 17.1 Å². The summed E-state index contributed by atoms with van der Waals surface area (Å²) in [6.45, 7) is 6.64. The van der Waals surface area contributed by atoms with Crippen LogP contribution in [0.25, 0.3) is 21.9 Å². The number of ether oxygens (including phenoxy) is 1. The van der Waals surface area contributed by atoms with Gasteiger partial charge < -0.3 is 9.30 Å². The topological polar surface area (TPSA) is 86.1 Å². The van der Waals surface area contributed by atoms with E-state index in [0.717, 1.165) is 39.1 Å². The maximum atomic E-state index is 12.9. The summed E-state index contributed by atoms with van der Waals surface area (Å²) in [6, 6.07) is 15.3. The molecule has 0 aliphatic rings. The van der Waals surface area contributed by atoms with E-state index in [1.54, 1.807) is 13.3 Å². The maximum absolute atomic E-state index is 12.9. The second-order valence-electron chi connectivity index (χ2n) is 8.85. The molecule has 2 aromatic heterocycles. The molecule has 0 fully saturated rings. The van der Waals surface area contributed by atoms with E-state index in [4.69, 9.17) is 4.74 Å². The number of sulfonamides is 1. The molecular weight excluding hydrogens is 424 g/mol. The van der Waals surface area contributed by atoms with Crippen molar-refractivity contribution in [3.8, 4) is 5.75 Å². The Hall–Kier alpha value is -2.97. The van der Waals surface area contributed by atoms with Crippen LogP contribution in [0.4, 0.5) is 0 Å². The summed E-state index contributed by atoms with van der Waals surface area (Å²) in [4.78, 5) is 9.15. The highest BCUT2D eigenvalue weighted by atomic mass is 32.2. The number of fused-ring (bicyclic) bond motifs is 3. The Morgan fingerprint density at radius 3 is 2.50 bits per heavy atom. The van der Waals surface area contributed by atoms with Gasteiger partial charge in [-0.2, -0.15) is 0 Å². The molecule has 0 amide bonds. The standard InChI is InChI=1S/C24H28N4O3S/c1-17-27-22-14-25-21-8-6-5-7-20(21)23(22)28(17)15-24(2,3)16-32(29,30)26-13-18-9-11-19(31-4)12-10-18/h5-12,14,26H,13,15-16H2,1-4H3. The van der Waals surface area contributed by atoms with Crippen molar-refractivity contribution < 1.29 is 13.2 Å². The van der Waals surface area contributed by atoms with Gasteiger partial charge in [-0.05, 0) is 36.1 Å². The molecule has 0 spiro atoms. The van der Waals surface area contributed by atoms with Gasteiger partial charge >= 0.3 is 0 Å². The van der Waals surface area contributed by atoms with Crippen LogP contribution in [-0.2, 0) is 23.1 Å². The molecule has 0 bridgehead atoms. The zero-order valence-electron chi connectivity index (χ0n) is 18.8. The van der Waals surface area contributed by atoms with Gasteiger partial charge in [0.05, 0.1) is 30.1 Å². The number of hydrogen-bond donors (Lipinski definition) is 1. The summed E-state index contributed by atoms with van der Waals surface area (Å²) < 4.78 is 35.7. The number of methoxy groups -OCH3 is 1. The van der Waals surface area contributed by atoms with E-state index >= 15 is 0 Å². The number of benzene rings is 2. The molecule has 0 atom stereocenters. The second kappa shape index (κ2) is 8.52. The summed E-state index contributed by atoms with van der Waals surface area (Å²) >= 11 is 0. The van der Waals surface area contributed by atoms with Crippen molar-refractivity contribution in [3.63, 3.8) is 0 Å². The molecule has 168 valence electrons. The minimum atomic E-state index is -3.49. The Kier molecular flexibility index (Phi) is 5.92. The monoisotopic (exact) mass is 452 g/mol. The Morgan fingerprint density at radius 2 is 1.78 bits per heavy atom. The van der Waals surface area contributed by atoms with Crippen LogP contribution >= 0.6 is 0 Å². The first-order valence-electron chi connectivity index (χ1n) is 10.5. The van der Waals surface area contributed by atoms with Crippen LogP contribution in [0.5, 0.6) is 5.75 Å². The molecule has 0 aliphatic carbocycles. The van der Waals surface area contributed by atoms with Crippen molar-refractivity contribution >= 4 is 32.0 Å². The minimum Gasteiger partial charge on any atom is -0.497 e. The Balaban J connectivity index is 1.54. The number of aromatic nitrogens is 3. The molecule has 0 aliphatic heterocycles. The molecule has 8 heteroatoms. The van der Waals surface area contributed by atoms with E-state index < -0.39 is 15.4 Å². The van der Waals surface area contributed by atoms with Crippen LogP contribution in [0, 0.1) is 12.3 Å². The highest BCUT2D eigenvalue weighted by Gasteiger charge is 2.28. The fourth-order valence-electron chi connectivity index (χ4n) is 4.05. The molecule has 4 aromatic rings. The fraction of sp³-hybridized carbons (Fsp3) is 0.333. The molecule has 1 N–H and O–H groups in total. The van der Waals surface area contributed by atoms with Crippen LogP contribution in [0.15, 0.2) is 54.7 Å². The van der Waals surface area contributed by atoms with Crippen molar-refractivity contribution in [1.82, 2.24) is 19.3 Å². The van der Waals surface area contributed by atoms with Gasteiger partial charge in [0, 0.05) is 18.5 Å². The second-order valence-corrected chi connectivity index (χ2v) is 10.7. The quantitative estimate of drug-likeness (QED) is 0.436. The van der Waals surface area contributed by atoms with E-state index in [-0.39, 0.29) is 12.3 Å². The number of para-hydroxylation sites is 1.